The Balaban J connectivity index is 1.72. The highest BCUT2D eigenvalue weighted by atomic mass is 16.5. The molecule has 32 heavy (non-hydrogen) atoms. The second-order valence-corrected chi connectivity index (χ2v) is 6.94. The lowest BCUT2D eigenvalue weighted by molar-refractivity contribution is -0.145. The summed E-state index contributed by atoms with van der Waals surface area (Å²) in [5, 5.41) is 19.3. The molecular formula is C22H21N5O5. The Morgan fingerprint density at radius 3 is 2.69 bits per heavy atom. The van der Waals surface area contributed by atoms with Crippen molar-refractivity contribution < 1.29 is 19.4 Å². The third-order valence-electron chi connectivity index (χ3n) is 4.82. The second kappa shape index (κ2) is 8.88. The van der Waals surface area contributed by atoms with Gasteiger partial charge in [-0.1, -0.05) is 25.1 Å². The average molecular weight is 435 g/mol. The van der Waals surface area contributed by atoms with Gasteiger partial charge < -0.3 is 19.6 Å². The van der Waals surface area contributed by atoms with Crippen molar-refractivity contribution >= 4 is 17.1 Å². The van der Waals surface area contributed by atoms with Crippen molar-refractivity contribution in [3.05, 3.63) is 52.8 Å². The van der Waals surface area contributed by atoms with E-state index in [0.717, 1.165) is 11.1 Å². The number of H-pyrrole nitrogens is 2. The van der Waals surface area contributed by atoms with E-state index >= 15 is 0 Å². The van der Waals surface area contributed by atoms with Crippen LogP contribution in [0.2, 0.25) is 0 Å². The summed E-state index contributed by atoms with van der Waals surface area (Å²) in [5.74, 6) is 0.294. The summed E-state index contributed by atoms with van der Waals surface area (Å²) in [6, 6.07) is 12.7. The summed E-state index contributed by atoms with van der Waals surface area (Å²) in [6.07, 6.45) is -0.565. The first-order chi connectivity index (χ1) is 15.5. The molecule has 0 bridgehead atoms. The van der Waals surface area contributed by atoms with Crippen LogP contribution in [0.3, 0.4) is 0 Å². The summed E-state index contributed by atoms with van der Waals surface area (Å²) in [7, 11) is 0. The Labute approximate surface area is 182 Å². The molecule has 4 rings (SSSR count). The number of benzene rings is 2. The number of fused-ring (bicyclic) bond motifs is 1. The van der Waals surface area contributed by atoms with Crippen LogP contribution in [0, 0.1) is 0 Å². The Morgan fingerprint density at radius 1 is 1.12 bits per heavy atom. The van der Waals surface area contributed by atoms with E-state index in [1.807, 2.05) is 25.1 Å². The normalized spacial score (nSPS) is 11.9. The minimum atomic E-state index is -1.01. The number of rotatable bonds is 8. The van der Waals surface area contributed by atoms with Crippen LogP contribution in [0.1, 0.15) is 20.3 Å². The summed E-state index contributed by atoms with van der Waals surface area (Å²) in [4.78, 5) is 30.6. The van der Waals surface area contributed by atoms with Gasteiger partial charge in [0.2, 0.25) is 5.65 Å². The molecule has 164 valence electrons. The molecule has 0 aliphatic rings. The Kier molecular flexibility index (Phi) is 5.84. The minimum Gasteiger partial charge on any atom is -0.493 e. The van der Waals surface area contributed by atoms with E-state index in [9.17, 15) is 14.7 Å². The Morgan fingerprint density at radius 2 is 1.94 bits per heavy atom. The highest BCUT2D eigenvalue weighted by molar-refractivity contribution is 5.77. The number of nitrogens with one attached hydrogen (secondary N) is 2. The zero-order valence-electron chi connectivity index (χ0n) is 17.5. The fraction of sp³-hybridized carbons (Fsp3) is 0.227. The number of ether oxygens (including phenoxy) is 2. The molecule has 10 heteroatoms. The number of carboxylic acid groups (broad SMARTS) is 1. The third-order valence-corrected chi connectivity index (χ3v) is 4.82. The lowest BCUT2D eigenvalue weighted by atomic mass is 10.0. The molecule has 0 spiro atoms. The Hall–Kier alpha value is -4.21. The van der Waals surface area contributed by atoms with Gasteiger partial charge in [0.25, 0.3) is 5.56 Å². The molecule has 2 aromatic heterocycles. The number of aromatic nitrogens is 5. The van der Waals surface area contributed by atoms with Crippen molar-refractivity contribution in [2.24, 2.45) is 0 Å². The highest BCUT2D eigenvalue weighted by Gasteiger charge is 2.18. The summed E-state index contributed by atoms with van der Waals surface area (Å²) in [6.45, 7) is 4.02. The van der Waals surface area contributed by atoms with Gasteiger partial charge in [-0.25, -0.2) is 9.78 Å². The van der Waals surface area contributed by atoms with Gasteiger partial charge in [-0.3, -0.25) is 4.79 Å². The van der Waals surface area contributed by atoms with Crippen LogP contribution in [0.25, 0.3) is 33.7 Å². The zero-order chi connectivity index (χ0) is 22.7. The molecule has 10 nitrogen and oxygen atoms in total. The monoisotopic (exact) mass is 435 g/mol. The van der Waals surface area contributed by atoms with Crippen molar-refractivity contribution in [3.8, 4) is 34.0 Å². The molecule has 0 saturated carbocycles. The van der Waals surface area contributed by atoms with Gasteiger partial charge in [0.05, 0.1) is 12.2 Å². The van der Waals surface area contributed by atoms with E-state index in [4.69, 9.17) is 9.47 Å². The molecule has 0 unspecified atom stereocenters. The zero-order valence-corrected chi connectivity index (χ0v) is 17.5. The standard InChI is InChI=1S/C22H21N5O5/c1-3-16(22(29)30)32-14-7-5-6-12(10-14)13-8-9-15(17(11-13)31-4-2)19-23-20-18(21(28)24-19)25-27-26-20/h5-11,16H,3-4H2,1-2H3,(H,29,30)(H2,23,24,25,26,27,28)/t16-/m0/s1. The second-order valence-electron chi connectivity index (χ2n) is 6.94. The largest absolute Gasteiger partial charge is 0.493 e. The lowest BCUT2D eigenvalue weighted by Gasteiger charge is -2.15. The Bertz CT molecular complexity index is 1330. The van der Waals surface area contributed by atoms with Gasteiger partial charge in [-0.2, -0.15) is 5.21 Å². The van der Waals surface area contributed by atoms with Gasteiger partial charge in [-0.05, 0) is 48.7 Å². The molecule has 0 fully saturated rings. The maximum absolute atomic E-state index is 12.3. The first-order valence-corrected chi connectivity index (χ1v) is 10.1. The number of aliphatic carboxylic acids is 1. The molecule has 4 aromatic rings. The predicted molar refractivity (Wildman–Crippen MR) is 117 cm³/mol. The van der Waals surface area contributed by atoms with Crippen LogP contribution in [-0.2, 0) is 4.79 Å². The van der Waals surface area contributed by atoms with E-state index in [-0.39, 0.29) is 11.2 Å². The first-order valence-electron chi connectivity index (χ1n) is 10.1. The summed E-state index contributed by atoms with van der Waals surface area (Å²) in [5.41, 5.74) is 2.19. The SMILES string of the molecule is CCOc1cc(-c2cccc(O[C@@H](CC)C(=O)O)c2)ccc1-c1nc2n[nH]nc2c(=O)[nH]1. The van der Waals surface area contributed by atoms with Crippen LogP contribution < -0.4 is 15.0 Å². The van der Waals surface area contributed by atoms with E-state index in [1.165, 1.54) is 0 Å². The van der Waals surface area contributed by atoms with Gasteiger partial charge in [0, 0.05) is 0 Å². The highest BCUT2D eigenvalue weighted by Crippen LogP contribution is 2.34. The fourth-order valence-electron chi connectivity index (χ4n) is 3.28. The van der Waals surface area contributed by atoms with Gasteiger partial charge >= 0.3 is 5.97 Å². The molecule has 0 aliphatic carbocycles. The molecular weight excluding hydrogens is 414 g/mol. The van der Waals surface area contributed by atoms with Gasteiger partial charge in [0.15, 0.2) is 11.6 Å². The molecule has 0 amide bonds. The fourth-order valence-corrected chi connectivity index (χ4v) is 3.28. The molecule has 2 aromatic carbocycles. The molecule has 0 saturated heterocycles. The maximum atomic E-state index is 12.3. The smallest absolute Gasteiger partial charge is 0.344 e. The minimum absolute atomic E-state index is 0.131. The topological polar surface area (TPSA) is 143 Å². The number of aromatic amines is 2. The number of hydrogen-bond acceptors (Lipinski definition) is 7. The first kappa shape index (κ1) is 21.0. The molecule has 1 atom stereocenters. The van der Waals surface area contributed by atoms with Crippen LogP contribution in [0.15, 0.2) is 47.3 Å². The van der Waals surface area contributed by atoms with Crippen molar-refractivity contribution in [2.45, 2.75) is 26.4 Å². The molecule has 0 aliphatic heterocycles. The van der Waals surface area contributed by atoms with Crippen molar-refractivity contribution in [2.75, 3.05) is 6.61 Å². The molecule has 2 heterocycles. The number of hydrogen-bond donors (Lipinski definition) is 3. The van der Waals surface area contributed by atoms with E-state index in [2.05, 4.69) is 25.4 Å². The number of carboxylic acids is 1. The third kappa shape index (κ3) is 4.15. The summed E-state index contributed by atoms with van der Waals surface area (Å²) < 4.78 is 11.4. The predicted octanol–water partition coefficient (Wildman–Crippen LogP) is 3.02. The molecule has 0 radical (unpaired) electrons. The van der Waals surface area contributed by atoms with E-state index < -0.39 is 17.6 Å². The quantitative estimate of drug-likeness (QED) is 0.383. The van der Waals surface area contributed by atoms with Crippen LogP contribution >= 0.6 is 0 Å². The van der Waals surface area contributed by atoms with Gasteiger partial charge in [0.1, 0.15) is 17.3 Å². The van der Waals surface area contributed by atoms with Crippen LogP contribution in [0.5, 0.6) is 11.5 Å². The van der Waals surface area contributed by atoms with E-state index in [0.29, 0.717) is 35.9 Å². The lowest BCUT2D eigenvalue weighted by Crippen LogP contribution is -2.25. The van der Waals surface area contributed by atoms with Crippen molar-refractivity contribution in [3.63, 3.8) is 0 Å². The van der Waals surface area contributed by atoms with Gasteiger partial charge in [-0.15, -0.1) is 10.2 Å². The molecule has 3 N–H and O–H groups in total. The van der Waals surface area contributed by atoms with Crippen molar-refractivity contribution in [1.29, 1.82) is 0 Å². The van der Waals surface area contributed by atoms with Crippen LogP contribution in [-0.4, -0.2) is 49.2 Å². The van der Waals surface area contributed by atoms with Crippen LogP contribution in [0.4, 0.5) is 0 Å². The number of carbonyl (C=O) groups is 1. The average Bonchev–Trinajstić information content (AvgIpc) is 3.27. The van der Waals surface area contributed by atoms with E-state index in [1.54, 1.807) is 31.2 Å². The summed E-state index contributed by atoms with van der Waals surface area (Å²) >= 11 is 0. The maximum Gasteiger partial charge on any atom is 0.344 e. The number of nitrogens with zero attached hydrogens (tertiary/aromatic N) is 3. The van der Waals surface area contributed by atoms with Crippen molar-refractivity contribution in [1.82, 2.24) is 25.4 Å².